The SMILES string of the molecule is COc1cccc(CNCc2cc(Br)ccc2F)c1. The molecular formula is C15H15BrFNO. The number of halogens is 2. The fourth-order valence-electron chi connectivity index (χ4n) is 1.80. The van der Waals surface area contributed by atoms with Crippen molar-refractivity contribution in [3.05, 3.63) is 63.9 Å². The number of benzene rings is 2. The van der Waals surface area contributed by atoms with E-state index in [9.17, 15) is 4.39 Å². The highest BCUT2D eigenvalue weighted by molar-refractivity contribution is 9.10. The van der Waals surface area contributed by atoms with Crippen LogP contribution in [0.2, 0.25) is 0 Å². The van der Waals surface area contributed by atoms with Gasteiger partial charge in [-0.25, -0.2) is 4.39 Å². The third kappa shape index (κ3) is 4.04. The Kier molecular flexibility index (Phi) is 4.93. The maximum absolute atomic E-state index is 13.5. The Morgan fingerprint density at radius 3 is 2.79 bits per heavy atom. The molecule has 0 spiro atoms. The zero-order chi connectivity index (χ0) is 13.7. The molecule has 2 aromatic carbocycles. The average Bonchev–Trinajstić information content (AvgIpc) is 2.43. The van der Waals surface area contributed by atoms with Gasteiger partial charge in [-0.3, -0.25) is 0 Å². The monoisotopic (exact) mass is 323 g/mol. The second kappa shape index (κ2) is 6.68. The van der Waals surface area contributed by atoms with E-state index in [4.69, 9.17) is 4.74 Å². The molecule has 0 amide bonds. The van der Waals surface area contributed by atoms with Crippen molar-refractivity contribution in [1.29, 1.82) is 0 Å². The molecule has 0 aliphatic carbocycles. The van der Waals surface area contributed by atoms with E-state index >= 15 is 0 Å². The van der Waals surface area contributed by atoms with Crippen molar-refractivity contribution in [3.8, 4) is 5.75 Å². The van der Waals surface area contributed by atoms with Gasteiger partial charge in [0.1, 0.15) is 11.6 Å². The van der Waals surface area contributed by atoms with Gasteiger partial charge in [-0.15, -0.1) is 0 Å². The zero-order valence-corrected chi connectivity index (χ0v) is 12.2. The largest absolute Gasteiger partial charge is 0.497 e. The maximum Gasteiger partial charge on any atom is 0.127 e. The molecule has 0 atom stereocenters. The first-order valence-corrected chi connectivity index (χ1v) is 6.76. The van der Waals surface area contributed by atoms with Crippen LogP contribution in [0.3, 0.4) is 0 Å². The third-order valence-electron chi connectivity index (χ3n) is 2.79. The van der Waals surface area contributed by atoms with E-state index < -0.39 is 0 Å². The number of nitrogens with one attached hydrogen (secondary N) is 1. The molecule has 0 bridgehead atoms. The van der Waals surface area contributed by atoms with Gasteiger partial charge >= 0.3 is 0 Å². The van der Waals surface area contributed by atoms with E-state index in [0.717, 1.165) is 15.8 Å². The molecule has 1 N–H and O–H groups in total. The minimum atomic E-state index is -0.193. The summed E-state index contributed by atoms with van der Waals surface area (Å²) in [4.78, 5) is 0. The molecule has 0 aromatic heterocycles. The van der Waals surface area contributed by atoms with Gasteiger partial charge in [0.15, 0.2) is 0 Å². The van der Waals surface area contributed by atoms with Crippen LogP contribution in [0.1, 0.15) is 11.1 Å². The lowest BCUT2D eigenvalue weighted by Gasteiger charge is -2.08. The standard InChI is InChI=1S/C15H15BrFNO/c1-19-14-4-2-3-11(7-14)9-18-10-12-8-13(16)5-6-15(12)17/h2-8,18H,9-10H2,1H3. The summed E-state index contributed by atoms with van der Waals surface area (Å²) in [6, 6.07) is 12.8. The highest BCUT2D eigenvalue weighted by atomic mass is 79.9. The van der Waals surface area contributed by atoms with E-state index in [0.29, 0.717) is 18.7 Å². The van der Waals surface area contributed by atoms with Crippen molar-refractivity contribution in [2.75, 3.05) is 7.11 Å². The predicted molar refractivity (Wildman–Crippen MR) is 77.6 cm³/mol. The quantitative estimate of drug-likeness (QED) is 0.901. The Morgan fingerprint density at radius 2 is 2.00 bits per heavy atom. The summed E-state index contributed by atoms with van der Waals surface area (Å²) in [7, 11) is 1.64. The number of rotatable bonds is 5. The van der Waals surface area contributed by atoms with Crippen LogP contribution in [0.5, 0.6) is 5.75 Å². The molecule has 19 heavy (non-hydrogen) atoms. The number of methoxy groups -OCH3 is 1. The molecule has 0 aliphatic rings. The summed E-state index contributed by atoms with van der Waals surface area (Å²) in [6.45, 7) is 1.16. The summed E-state index contributed by atoms with van der Waals surface area (Å²) in [5, 5.41) is 3.22. The fourth-order valence-corrected chi connectivity index (χ4v) is 2.21. The van der Waals surface area contributed by atoms with Gasteiger partial charge < -0.3 is 10.1 Å². The molecule has 0 saturated carbocycles. The van der Waals surface area contributed by atoms with Gasteiger partial charge in [-0.05, 0) is 35.9 Å². The molecule has 2 nitrogen and oxygen atoms in total. The van der Waals surface area contributed by atoms with Gasteiger partial charge in [-0.2, -0.15) is 0 Å². The number of ether oxygens (including phenoxy) is 1. The van der Waals surface area contributed by atoms with Crippen LogP contribution in [-0.2, 0) is 13.1 Å². The Morgan fingerprint density at radius 1 is 1.16 bits per heavy atom. The molecule has 0 fully saturated rings. The van der Waals surface area contributed by atoms with Crippen molar-refractivity contribution < 1.29 is 9.13 Å². The molecule has 0 saturated heterocycles. The maximum atomic E-state index is 13.5. The number of hydrogen-bond donors (Lipinski definition) is 1. The highest BCUT2D eigenvalue weighted by Gasteiger charge is 2.02. The van der Waals surface area contributed by atoms with Crippen LogP contribution in [0.25, 0.3) is 0 Å². The van der Waals surface area contributed by atoms with Gasteiger partial charge in [0.05, 0.1) is 7.11 Å². The van der Waals surface area contributed by atoms with Gasteiger partial charge in [0.25, 0.3) is 0 Å². The Balaban J connectivity index is 1.94. The molecule has 0 heterocycles. The van der Waals surface area contributed by atoms with E-state index in [1.165, 1.54) is 6.07 Å². The molecule has 4 heteroatoms. The lowest BCUT2D eigenvalue weighted by Crippen LogP contribution is -2.13. The molecule has 2 rings (SSSR count). The fraction of sp³-hybridized carbons (Fsp3) is 0.200. The van der Waals surface area contributed by atoms with Crippen LogP contribution in [-0.4, -0.2) is 7.11 Å². The average molecular weight is 324 g/mol. The van der Waals surface area contributed by atoms with Crippen molar-refractivity contribution in [2.45, 2.75) is 13.1 Å². The topological polar surface area (TPSA) is 21.3 Å². The molecule has 100 valence electrons. The van der Waals surface area contributed by atoms with Crippen LogP contribution >= 0.6 is 15.9 Å². The molecular weight excluding hydrogens is 309 g/mol. The van der Waals surface area contributed by atoms with Crippen molar-refractivity contribution in [2.24, 2.45) is 0 Å². The molecule has 2 aromatic rings. The summed E-state index contributed by atoms with van der Waals surface area (Å²) in [6.07, 6.45) is 0. The van der Waals surface area contributed by atoms with Gasteiger partial charge in [0, 0.05) is 23.1 Å². The Bertz CT molecular complexity index is 560. The third-order valence-corrected chi connectivity index (χ3v) is 3.28. The van der Waals surface area contributed by atoms with Crippen LogP contribution in [0.15, 0.2) is 46.9 Å². The Hall–Kier alpha value is -1.39. The first-order chi connectivity index (χ1) is 9.19. The van der Waals surface area contributed by atoms with Crippen LogP contribution < -0.4 is 10.1 Å². The molecule has 0 unspecified atom stereocenters. The second-order valence-electron chi connectivity index (χ2n) is 4.19. The van der Waals surface area contributed by atoms with E-state index in [-0.39, 0.29) is 5.82 Å². The van der Waals surface area contributed by atoms with E-state index in [1.54, 1.807) is 19.2 Å². The van der Waals surface area contributed by atoms with E-state index in [2.05, 4.69) is 21.2 Å². The van der Waals surface area contributed by atoms with Crippen LogP contribution in [0, 0.1) is 5.82 Å². The summed E-state index contributed by atoms with van der Waals surface area (Å²) < 4.78 is 19.6. The minimum absolute atomic E-state index is 0.193. The van der Waals surface area contributed by atoms with Gasteiger partial charge in [-0.1, -0.05) is 28.1 Å². The first-order valence-electron chi connectivity index (χ1n) is 5.96. The van der Waals surface area contributed by atoms with Crippen molar-refractivity contribution in [1.82, 2.24) is 5.32 Å². The van der Waals surface area contributed by atoms with Gasteiger partial charge in [0.2, 0.25) is 0 Å². The highest BCUT2D eigenvalue weighted by Crippen LogP contribution is 2.16. The lowest BCUT2D eigenvalue weighted by atomic mass is 10.2. The van der Waals surface area contributed by atoms with Crippen molar-refractivity contribution in [3.63, 3.8) is 0 Å². The van der Waals surface area contributed by atoms with Crippen LogP contribution in [0.4, 0.5) is 4.39 Å². The Labute approximate surface area is 120 Å². The predicted octanol–water partition coefficient (Wildman–Crippen LogP) is 3.89. The van der Waals surface area contributed by atoms with E-state index in [1.807, 2.05) is 24.3 Å². The second-order valence-corrected chi connectivity index (χ2v) is 5.11. The minimum Gasteiger partial charge on any atom is -0.497 e. The lowest BCUT2D eigenvalue weighted by molar-refractivity contribution is 0.414. The van der Waals surface area contributed by atoms with Crippen molar-refractivity contribution >= 4 is 15.9 Å². The normalized spacial score (nSPS) is 10.5. The summed E-state index contributed by atoms with van der Waals surface area (Å²) in [5.41, 5.74) is 1.76. The number of hydrogen-bond acceptors (Lipinski definition) is 2. The summed E-state index contributed by atoms with van der Waals surface area (Å²) in [5.74, 6) is 0.634. The first kappa shape index (κ1) is 14.0. The zero-order valence-electron chi connectivity index (χ0n) is 10.6. The molecule has 0 aliphatic heterocycles. The molecule has 0 radical (unpaired) electrons. The summed E-state index contributed by atoms with van der Waals surface area (Å²) >= 11 is 3.34. The smallest absolute Gasteiger partial charge is 0.127 e.